The van der Waals surface area contributed by atoms with E-state index in [0.717, 1.165) is 22.8 Å². The summed E-state index contributed by atoms with van der Waals surface area (Å²) in [5.41, 5.74) is 3.43. The average molecular weight is 327 g/mol. The fraction of sp³-hybridized carbons (Fsp3) is 0.316. The van der Waals surface area contributed by atoms with Gasteiger partial charge in [-0.25, -0.2) is 0 Å². The molecule has 0 atom stereocenters. The maximum atomic E-state index is 5.36. The van der Waals surface area contributed by atoms with Crippen LogP contribution in [0.1, 0.15) is 16.7 Å². The zero-order valence-corrected chi connectivity index (χ0v) is 14.5. The van der Waals surface area contributed by atoms with Crippen molar-refractivity contribution in [1.29, 1.82) is 0 Å². The zero-order valence-electron chi connectivity index (χ0n) is 14.5. The quantitative estimate of drug-likeness (QED) is 0.606. The summed E-state index contributed by atoms with van der Waals surface area (Å²) < 4.78 is 10.5. The van der Waals surface area contributed by atoms with Crippen LogP contribution < -0.4 is 15.4 Å². The molecule has 0 saturated heterocycles. The molecule has 0 spiro atoms. The Bertz CT molecular complexity index is 671. The van der Waals surface area contributed by atoms with Crippen LogP contribution in [-0.4, -0.2) is 27.2 Å². The van der Waals surface area contributed by atoms with E-state index in [0.29, 0.717) is 19.7 Å². The van der Waals surface area contributed by atoms with Crippen LogP contribution in [0.4, 0.5) is 0 Å². The van der Waals surface area contributed by atoms with E-state index < -0.39 is 0 Å². The van der Waals surface area contributed by atoms with E-state index in [2.05, 4.69) is 33.8 Å². The lowest BCUT2D eigenvalue weighted by Gasteiger charge is -2.14. The normalized spacial score (nSPS) is 11.2. The molecule has 24 heavy (non-hydrogen) atoms. The minimum absolute atomic E-state index is 0.620. The number of nitrogens with zero attached hydrogens (tertiary/aromatic N) is 1. The number of hydrogen-bond acceptors (Lipinski definition) is 3. The van der Waals surface area contributed by atoms with Crippen molar-refractivity contribution in [2.45, 2.75) is 19.7 Å². The Kier molecular flexibility index (Phi) is 7.11. The number of aliphatic imine (C=N–C) groups is 1. The van der Waals surface area contributed by atoms with Gasteiger partial charge in [-0.05, 0) is 17.2 Å². The molecule has 0 radical (unpaired) electrons. The van der Waals surface area contributed by atoms with E-state index in [-0.39, 0.29) is 0 Å². The van der Waals surface area contributed by atoms with Crippen molar-refractivity contribution in [3.05, 3.63) is 65.2 Å². The summed E-state index contributed by atoms with van der Waals surface area (Å²) in [6, 6.07) is 16.3. The van der Waals surface area contributed by atoms with E-state index in [1.54, 1.807) is 21.3 Å². The molecule has 128 valence electrons. The van der Waals surface area contributed by atoms with Crippen LogP contribution in [0, 0.1) is 0 Å². The number of ether oxygens (including phenoxy) is 2. The van der Waals surface area contributed by atoms with Crippen LogP contribution in [0.2, 0.25) is 0 Å². The van der Waals surface area contributed by atoms with Gasteiger partial charge in [-0.15, -0.1) is 0 Å². The zero-order chi connectivity index (χ0) is 17.2. The summed E-state index contributed by atoms with van der Waals surface area (Å²) in [6.07, 6.45) is 0. The van der Waals surface area contributed by atoms with Gasteiger partial charge in [0.1, 0.15) is 5.75 Å². The molecule has 5 nitrogen and oxygen atoms in total. The van der Waals surface area contributed by atoms with E-state index in [9.17, 15) is 0 Å². The van der Waals surface area contributed by atoms with Crippen molar-refractivity contribution < 1.29 is 9.47 Å². The summed E-state index contributed by atoms with van der Waals surface area (Å²) in [7, 11) is 5.15. The highest BCUT2D eigenvalue weighted by molar-refractivity contribution is 5.79. The SMILES string of the molecule is CN=C(NCc1cccc(COC)c1)NCc1ccccc1OC. The number of guanidine groups is 1. The Balaban J connectivity index is 1.90. The second-order valence-corrected chi connectivity index (χ2v) is 5.34. The minimum Gasteiger partial charge on any atom is -0.496 e. The van der Waals surface area contributed by atoms with Gasteiger partial charge in [-0.1, -0.05) is 42.5 Å². The van der Waals surface area contributed by atoms with E-state index in [1.165, 1.54) is 5.56 Å². The van der Waals surface area contributed by atoms with Gasteiger partial charge >= 0.3 is 0 Å². The van der Waals surface area contributed by atoms with Gasteiger partial charge in [0.15, 0.2) is 5.96 Å². The summed E-state index contributed by atoms with van der Waals surface area (Å²) in [5.74, 6) is 1.62. The molecule has 2 N–H and O–H groups in total. The predicted octanol–water partition coefficient (Wildman–Crippen LogP) is 2.71. The van der Waals surface area contributed by atoms with Gasteiger partial charge < -0.3 is 20.1 Å². The lowest BCUT2D eigenvalue weighted by molar-refractivity contribution is 0.185. The number of para-hydroxylation sites is 1. The summed E-state index contributed by atoms with van der Waals surface area (Å²) in [6.45, 7) is 1.96. The van der Waals surface area contributed by atoms with Gasteiger partial charge in [0.05, 0.1) is 13.7 Å². The molecule has 0 unspecified atom stereocenters. The molecule has 2 rings (SSSR count). The molecule has 0 heterocycles. The number of benzene rings is 2. The highest BCUT2D eigenvalue weighted by atomic mass is 16.5. The average Bonchev–Trinajstić information content (AvgIpc) is 2.63. The van der Waals surface area contributed by atoms with Gasteiger partial charge in [0.2, 0.25) is 0 Å². The molecule has 0 fully saturated rings. The largest absolute Gasteiger partial charge is 0.496 e. The van der Waals surface area contributed by atoms with Gasteiger partial charge in [-0.2, -0.15) is 0 Å². The second-order valence-electron chi connectivity index (χ2n) is 5.34. The van der Waals surface area contributed by atoms with Gasteiger partial charge in [0.25, 0.3) is 0 Å². The highest BCUT2D eigenvalue weighted by Gasteiger charge is 2.04. The first-order valence-electron chi connectivity index (χ1n) is 7.90. The first-order chi connectivity index (χ1) is 11.8. The fourth-order valence-electron chi connectivity index (χ4n) is 2.43. The molecule has 2 aromatic carbocycles. The van der Waals surface area contributed by atoms with Crippen molar-refractivity contribution in [2.24, 2.45) is 4.99 Å². The molecule has 0 amide bonds. The topological polar surface area (TPSA) is 54.9 Å². The molecule has 0 aliphatic carbocycles. The third kappa shape index (κ3) is 5.28. The summed E-state index contributed by atoms with van der Waals surface area (Å²) in [5, 5.41) is 6.62. The van der Waals surface area contributed by atoms with Crippen LogP contribution in [0.25, 0.3) is 0 Å². The molecule has 0 saturated carbocycles. The fourth-order valence-corrected chi connectivity index (χ4v) is 2.43. The van der Waals surface area contributed by atoms with Crippen molar-refractivity contribution in [1.82, 2.24) is 10.6 Å². The lowest BCUT2D eigenvalue weighted by atomic mass is 10.1. The van der Waals surface area contributed by atoms with Gasteiger partial charge in [0, 0.05) is 32.8 Å². The molecule has 0 aliphatic heterocycles. The van der Waals surface area contributed by atoms with E-state index in [1.807, 2.05) is 30.3 Å². The standard InChI is InChI=1S/C19H25N3O2/c1-20-19(22-13-17-9-4-5-10-18(17)24-3)21-12-15-7-6-8-16(11-15)14-23-2/h4-11H,12-14H2,1-3H3,(H2,20,21,22). The van der Waals surface area contributed by atoms with Crippen molar-refractivity contribution >= 4 is 5.96 Å². The number of hydrogen-bond donors (Lipinski definition) is 2. The molecule has 2 aromatic rings. The number of rotatable bonds is 7. The molecule has 0 aromatic heterocycles. The molecular formula is C19H25N3O2. The Hall–Kier alpha value is -2.53. The third-order valence-corrected chi connectivity index (χ3v) is 3.62. The lowest BCUT2D eigenvalue weighted by Crippen LogP contribution is -2.36. The van der Waals surface area contributed by atoms with Crippen LogP contribution >= 0.6 is 0 Å². The van der Waals surface area contributed by atoms with Crippen molar-refractivity contribution in [2.75, 3.05) is 21.3 Å². The molecule has 0 aliphatic rings. The minimum atomic E-state index is 0.620. The second kappa shape index (κ2) is 9.57. The smallest absolute Gasteiger partial charge is 0.191 e. The van der Waals surface area contributed by atoms with Crippen molar-refractivity contribution in [3.63, 3.8) is 0 Å². The monoisotopic (exact) mass is 327 g/mol. The van der Waals surface area contributed by atoms with Crippen LogP contribution in [-0.2, 0) is 24.4 Å². The first kappa shape index (κ1) is 17.8. The number of nitrogens with one attached hydrogen (secondary N) is 2. The maximum Gasteiger partial charge on any atom is 0.191 e. The first-order valence-corrected chi connectivity index (χ1v) is 7.90. The third-order valence-electron chi connectivity index (χ3n) is 3.62. The Labute approximate surface area is 143 Å². The molecule has 0 bridgehead atoms. The Morgan fingerprint density at radius 1 is 0.958 bits per heavy atom. The molecular weight excluding hydrogens is 302 g/mol. The predicted molar refractivity (Wildman–Crippen MR) is 97.2 cm³/mol. The van der Waals surface area contributed by atoms with E-state index in [4.69, 9.17) is 9.47 Å². The Morgan fingerprint density at radius 2 is 1.71 bits per heavy atom. The summed E-state index contributed by atoms with van der Waals surface area (Å²) in [4.78, 5) is 4.26. The van der Waals surface area contributed by atoms with Crippen LogP contribution in [0.3, 0.4) is 0 Å². The maximum absolute atomic E-state index is 5.36. The van der Waals surface area contributed by atoms with Gasteiger partial charge in [-0.3, -0.25) is 4.99 Å². The van der Waals surface area contributed by atoms with E-state index >= 15 is 0 Å². The Morgan fingerprint density at radius 3 is 2.46 bits per heavy atom. The highest BCUT2D eigenvalue weighted by Crippen LogP contribution is 2.16. The van der Waals surface area contributed by atoms with Crippen molar-refractivity contribution in [3.8, 4) is 5.75 Å². The van der Waals surface area contributed by atoms with Crippen LogP contribution in [0.5, 0.6) is 5.75 Å². The summed E-state index contributed by atoms with van der Waals surface area (Å²) >= 11 is 0. The van der Waals surface area contributed by atoms with Crippen LogP contribution in [0.15, 0.2) is 53.5 Å². The number of methoxy groups -OCH3 is 2. The molecule has 5 heteroatoms.